The van der Waals surface area contributed by atoms with Crippen LogP contribution in [0.25, 0.3) is 0 Å². The van der Waals surface area contributed by atoms with Gasteiger partial charge in [-0.3, -0.25) is 0 Å². The third-order valence-electron chi connectivity index (χ3n) is 2.40. The van der Waals surface area contributed by atoms with Crippen LogP contribution in [0.4, 0.5) is 0 Å². The number of ether oxygens (including phenoxy) is 2. The number of methoxy groups -OCH3 is 1. The summed E-state index contributed by atoms with van der Waals surface area (Å²) in [4.78, 5) is 0. The maximum atomic E-state index is 5.54. The average Bonchev–Trinajstić information content (AvgIpc) is 2.46. The van der Waals surface area contributed by atoms with Crippen molar-refractivity contribution >= 4 is 0 Å². The van der Waals surface area contributed by atoms with Crippen molar-refractivity contribution in [2.45, 2.75) is 19.3 Å². The van der Waals surface area contributed by atoms with E-state index in [1.54, 1.807) is 7.11 Å². The van der Waals surface area contributed by atoms with Gasteiger partial charge in [0.25, 0.3) is 0 Å². The Balaban J connectivity index is 2.49. The van der Waals surface area contributed by atoms with Crippen molar-refractivity contribution in [2.24, 2.45) is 0 Å². The molecule has 0 spiro atoms. The molecule has 0 saturated heterocycles. The summed E-state index contributed by atoms with van der Waals surface area (Å²) >= 11 is 0. The van der Waals surface area contributed by atoms with Gasteiger partial charge in [-0.25, -0.2) is 0 Å². The van der Waals surface area contributed by atoms with E-state index in [4.69, 9.17) is 9.47 Å². The predicted octanol–water partition coefficient (Wildman–Crippen LogP) is 2.04. The molecule has 2 heteroatoms. The molecular weight excluding hydrogens is 152 g/mol. The molecule has 1 unspecified atom stereocenters. The van der Waals surface area contributed by atoms with E-state index in [2.05, 4.69) is 6.07 Å². The Morgan fingerprint density at radius 1 is 1.42 bits per heavy atom. The Labute approximate surface area is 72.1 Å². The van der Waals surface area contributed by atoms with Crippen LogP contribution in [0.1, 0.15) is 18.1 Å². The molecule has 1 aromatic rings. The minimum absolute atomic E-state index is 0.531. The Bertz CT molecular complexity index is 296. The van der Waals surface area contributed by atoms with Gasteiger partial charge in [0.15, 0.2) is 5.79 Å². The van der Waals surface area contributed by atoms with E-state index < -0.39 is 5.79 Å². The number of hydrogen-bond donors (Lipinski definition) is 0. The van der Waals surface area contributed by atoms with E-state index in [-0.39, 0.29) is 0 Å². The fourth-order valence-electron chi connectivity index (χ4n) is 1.55. The van der Waals surface area contributed by atoms with Crippen molar-refractivity contribution < 1.29 is 9.47 Å². The standard InChI is InChI=1S/C10H12O2/c1-10(11-2)9-6-4-3-5-8(9)7-12-10/h3-6H,7H2,1-2H3. The molecule has 0 radical (unpaired) electrons. The fraction of sp³-hybridized carbons (Fsp3) is 0.400. The monoisotopic (exact) mass is 164 g/mol. The lowest BCUT2D eigenvalue weighted by atomic mass is 10.0. The Morgan fingerprint density at radius 3 is 2.92 bits per heavy atom. The van der Waals surface area contributed by atoms with Crippen LogP contribution in [0.15, 0.2) is 24.3 Å². The molecule has 0 amide bonds. The highest BCUT2D eigenvalue weighted by Crippen LogP contribution is 2.36. The van der Waals surface area contributed by atoms with E-state index in [1.807, 2.05) is 25.1 Å². The molecule has 0 bridgehead atoms. The van der Waals surface area contributed by atoms with Gasteiger partial charge in [0.1, 0.15) is 0 Å². The first kappa shape index (κ1) is 7.77. The molecule has 0 saturated carbocycles. The van der Waals surface area contributed by atoms with Crippen molar-refractivity contribution in [3.63, 3.8) is 0 Å². The largest absolute Gasteiger partial charge is 0.349 e. The van der Waals surface area contributed by atoms with Gasteiger partial charge < -0.3 is 9.47 Å². The third-order valence-corrected chi connectivity index (χ3v) is 2.40. The summed E-state index contributed by atoms with van der Waals surface area (Å²) in [5.74, 6) is -0.531. The van der Waals surface area contributed by atoms with Gasteiger partial charge >= 0.3 is 0 Å². The van der Waals surface area contributed by atoms with Gasteiger partial charge in [-0.05, 0) is 12.5 Å². The van der Waals surface area contributed by atoms with Gasteiger partial charge in [-0.2, -0.15) is 0 Å². The number of benzene rings is 1. The Morgan fingerprint density at radius 2 is 2.17 bits per heavy atom. The van der Waals surface area contributed by atoms with Crippen molar-refractivity contribution in [1.82, 2.24) is 0 Å². The molecule has 1 aromatic carbocycles. The van der Waals surface area contributed by atoms with E-state index in [0.29, 0.717) is 6.61 Å². The molecule has 1 aliphatic heterocycles. The van der Waals surface area contributed by atoms with Gasteiger partial charge in [0.05, 0.1) is 6.61 Å². The maximum absolute atomic E-state index is 5.54. The predicted molar refractivity (Wildman–Crippen MR) is 45.6 cm³/mol. The lowest BCUT2D eigenvalue weighted by Gasteiger charge is -2.22. The highest BCUT2D eigenvalue weighted by atomic mass is 16.7. The molecule has 1 aliphatic rings. The van der Waals surface area contributed by atoms with Gasteiger partial charge in [-0.1, -0.05) is 24.3 Å². The minimum Gasteiger partial charge on any atom is -0.349 e. The number of fused-ring (bicyclic) bond motifs is 1. The van der Waals surface area contributed by atoms with Crippen LogP contribution in [0, 0.1) is 0 Å². The molecule has 1 atom stereocenters. The van der Waals surface area contributed by atoms with Crippen molar-refractivity contribution in [3.8, 4) is 0 Å². The first-order chi connectivity index (χ1) is 5.76. The summed E-state index contributed by atoms with van der Waals surface area (Å²) in [7, 11) is 1.67. The molecule has 0 N–H and O–H groups in total. The third kappa shape index (κ3) is 0.958. The second-order valence-electron chi connectivity index (χ2n) is 3.10. The van der Waals surface area contributed by atoms with Crippen LogP contribution in [0.3, 0.4) is 0 Å². The second kappa shape index (κ2) is 2.57. The first-order valence-corrected chi connectivity index (χ1v) is 4.04. The summed E-state index contributed by atoms with van der Waals surface area (Å²) in [6.07, 6.45) is 0. The number of hydrogen-bond acceptors (Lipinski definition) is 2. The van der Waals surface area contributed by atoms with Crippen LogP contribution in [-0.4, -0.2) is 7.11 Å². The normalized spacial score (nSPS) is 27.2. The van der Waals surface area contributed by atoms with E-state index in [1.165, 1.54) is 5.56 Å². The molecule has 12 heavy (non-hydrogen) atoms. The molecule has 0 fully saturated rings. The smallest absolute Gasteiger partial charge is 0.192 e. The lowest BCUT2D eigenvalue weighted by molar-refractivity contribution is -0.210. The topological polar surface area (TPSA) is 18.5 Å². The summed E-state index contributed by atoms with van der Waals surface area (Å²) in [6, 6.07) is 8.14. The van der Waals surface area contributed by atoms with Crippen LogP contribution >= 0.6 is 0 Å². The fourth-order valence-corrected chi connectivity index (χ4v) is 1.55. The van der Waals surface area contributed by atoms with Crippen LogP contribution in [0.2, 0.25) is 0 Å². The quantitative estimate of drug-likeness (QED) is 0.632. The Hall–Kier alpha value is -0.860. The van der Waals surface area contributed by atoms with Gasteiger partial charge in [0.2, 0.25) is 0 Å². The van der Waals surface area contributed by atoms with E-state index in [0.717, 1.165) is 5.56 Å². The first-order valence-electron chi connectivity index (χ1n) is 4.04. The molecule has 2 rings (SSSR count). The van der Waals surface area contributed by atoms with Crippen LogP contribution < -0.4 is 0 Å². The molecule has 0 aliphatic carbocycles. The molecule has 2 nitrogen and oxygen atoms in total. The molecule has 64 valence electrons. The molecule has 1 heterocycles. The molecule has 0 aromatic heterocycles. The number of rotatable bonds is 1. The zero-order chi connectivity index (χ0) is 8.60. The maximum Gasteiger partial charge on any atom is 0.192 e. The highest BCUT2D eigenvalue weighted by molar-refractivity contribution is 5.32. The van der Waals surface area contributed by atoms with Crippen molar-refractivity contribution in [2.75, 3.05) is 7.11 Å². The van der Waals surface area contributed by atoms with E-state index in [9.17, 15) is 0 Å². The van der Waals surface area contributed by atoms with Crippen molar-refractivity contribution in [3.05, 3.63) is 35.4 Å². The highest BCUT2D eigenvalue weighted by Gasteiger charge is 2.34. The summed E-state index contributed by atoms with van der Waals surface area (Å²) < 4.78 is 10.8. The van der Waals surface area contributed by atoms with Crippen LogP contribution in [-0.2, 0) is 21.9 Å². The SMILES string of the molecule is COC1(C)OCc2ccccc21. The van der Waals surface area contributed by atoms with Crippen LogP contribution in [0.5, 0.6) is 0 Å². The minimum atomic E-state index is -0.531. The lowest BCUT2D eigenvalue weighted by Crippen LogP contribution is -2.22. The summed E-state index contributed by atoms with van der Waals surface area (Å²) in [5.41, 5.74) is 2.37. The zero-order valence-corrected chi connectivity index (χ0v) is 7.33. The molecular formula is C10H12O2. The van der Waals surface area contributed by atoms with Gasteiger partial charge in [0, 0.05) is 12.7 Å². The summed E-state index contributed by atoms with van der Waals surface area (Å²) in [5, 5.41) is 0. The van der Waals surface area contributed by atoms with Gasteiger partial charge in [-0.15, -0.1) is 0 Å². The van der Waals surface area contributed by atoms with Crippen molar-refractivity contribution in [1.29, 1.82) is 0 Å². The average molecular weight is 164 g/mol. The zero-order valence-electron chi connectivity index (χ0n) is 7.33. The second-order valence-corrected chi connectivity index (χ2v) is 3.10. The Kier molecular flexibility index (Phi) is 1.67. The van der Waals surface area contributed by atoms with E-state index >= 15 is 0 Å². The summed E-state index contributed by atoms with van der Waals surface area (Å²) in [6.45, 7) is 2.60.